The molecule has 1 aliphatic heterocycles. The van der Waals surface area contributed by atoms with Crippen LogP contribution in [0.1, 0.15) is 24.5 Å². The molecular formula is C16H21NO3S. The van der Waals surface area contributed by atoms with Crippen LogP contribution < -0.4 is 0 Å². The van der Waals surface area contributed by atoms with Gasteiger partial charge >= 0.3 is 5.97 Å². The number of likely N-dealkylation sites (tertiary alicyclic amines) is 1. The van der Waals surface area contributed by atoms with Gasteiger partial charge < -0.3 is 10.0 Å². The lowest BCUT2D eigenvalue weighted by molar-refractivity contribution is -0.142. The topological polar surface area (TPSA) is 57.6 Å². The Hall–Kier alpha value is -1.49. The Labute approximate surface area is 129 Å². The normalized spacial score (nSPS) is 21.6. The number of amides is 1. The first-order valence-corrected chi connectivity index (χ1v) is 8.11. The summed E-state index contributed by atoms with van der Waals surface area (Å²) in [5.74, 6) is -0.849. The number of rotatable bonds is 4. The van der Waals surface area contributed by atoms with Crippen molar-refractivity contribution < 1.29 is 14.7 Å². The molecule has 1 aliphatic rings. The molecule has 1 N–H and O–H groups in total. The average Bonchev–Trinajstić information content (AvgIpc) is 2.81. The second kappa shape index (κ2) is 6.52. The van der Waals surface area contributed by atoms with E-state index in [2.05, 4.69) is 18.2 Å². The van der Waals surface area contributed by atoms with E-state index in [4.69, 9.17) is 5.11 Å². The van der Waals surface area contributed by atoms with Crippen LogP contribution in [0.3, 0.4) is 0 Å². The van der Waals surface area contributed by atoms with Crippen molar-refractivity contribution in [2.24, 2.45) is 5.92 Å². The summed E-state index contributed by atoms with van der Waals surface area (Å²) in [5.41, 5.74) is 2.34. The second-order valence-corrected chi connectivity index (χ2v) is 6.64. The molecular weight excluding hydrogens is 286 g/mol. The van der Waals surface area contributed by atoms with Crippen molar-refractivity contribution in [3.8, 4) is 0 Å². The van der Waals surface area contributed by atoms with E-state index in [1.807, 2.05) is 20.8 Å². The summed E-state index contributed by atoms with van der Waals surface area (Å²) in [4.78, 5) is 26.2. The number of aliphatic carboxylic acids is 1. The molecule has 1 aromatic carbocycles. The van der Waals surface area contributed by atoms with Crippen molar-refractivity contribution in [1.82, 2.24) is 4.90 Å². The van der Waals surface area contributed by atoms with Gasteiger partial charge in [-0.05, 0) is 38.8 Å². The van der Waals surface area contributed by atoms with Crippen LogP contribution >= 0.6 is 11.8 Å². The maximum absolute atomic E-state index is 12.3. The highest BCUT2D eigenvalue weighted by molar-refractivity contribution is 8.00. The lowest BCUT2D eigenvalue weighted by Crippen LogP contribution is -2.38. The Morgan fingerprint density at radius 2 is 2.10 bits per heavy atom. The van der Waals surface area contributed by atoms with Crippen LogP contribution in [-0.2, 0) is 9.59 Å². The predicted molar refractivity (Wildman–Crippen MR) is 83.6 cm³/mol. The summed E-state index contributed by atoms with van der Waals surface area (Å²) >= 11 is 1.53. The monoisotopic (exact) mass is 307 g/mol. The van der Waals surface area contributed by atoms with E-state index < -0.39 is 11.9 Å². The van der Waals surface area contributed by atoms with Crippen molar-refractivity contribution >= 4 is 23.6 Å². The van der Waals surface area contributed by atoms with Crippen LogP contribution in [-0.4, -0.2) is 40.2 Å². The first-order valence-electron chi connectivity index (χ1n) is 7.12. The predicted octanol–water partition coefficient (Wildman–Crippen LogP) is 2.72. The minimum absolute atomic E-state index is 0.0251. The molecule has 0 bridgehead atoms. The number of hydrogen-bond acceptors (Lipinski definition) is 3. The molecule has 0 aliphatic carbocycles. The molecule has 21 heavy (non-hydrogen) atoms. The number of aryl methyl sites for hydroxylation is 2. The maximum atomic E-state index is 12.3. The van der Waals surface area contributed by atoms with E-state index in [0.717, 1.165) is 10.5 Å². The Kier molecular flexibility index (Phi) is 4.93. The van der Waals surface area contributed by atoms with Crippen molar-refractivity contribution in [2.75, 3.05) is 12.3 Å². The largest absolute Gasteiger partial charge is 0.481 e. The summed E-state index contributed by atoms with van der Waals surface area (Å²) in [6.07, 6.45) is 0.552. The minimum atomic E-state index is -0.806. The molecule has 1 heterocycles. The molecule has 0 aromatic heterocycles. The number of carbonyl (C=O) groups is 2. The van der Waals surface area contributed by atoms with Gasteiger partial charge in [0.25, 0.3) is 0 Å². The van der Waals surface area contributed by atoms with Gasteiger partial charge in [-0.1, -0.05) is 17.7 Å². The average molecular weight is 307 g/mol. The second-order valence-electron chi connectivity index (χ2n) is 5.62. The smallest absolute Gasteiger partial charge is 0.308 e. The third kappa shape index (κ3) is 3.59. The van der Waals surface area contributed by atoms with Gasteiger partial charge in [-0.2, -0.15) is 0 Å². The fourth-order valence-electron chi connectivity index (χ4n) is 2.71. The van der Waals surface area contributed by atoms with Gasteiger partial charge in [-0.15, -0.1) is 11.8 Å². The van der Waals surface area contributed by atoms with Gasteiger partial charge in [0.05, 0.1) is 11.7 Å². The molecule has 0 spiro atoms. The number of thioether (sulfide) groups is 1. The highest BCUT2D eigenvalue weighted by Crippen LogP contribution is 2.28. The molecule has 2 rings (SSSR count). The van der Waals surface area contributed by atoms with Gasteiger partial charge in [-0.25, -0.2) is 0 Å². The molecule has 1 amide bonds. The van der Waals surface area contributed by atoms with E-state index in [9.17, 15) is 9.59 Å². The molecule has 2 atom stereocenters. The summed E-state index contributed by atoms with van der Waals surface area (Å²) in [5, 5.41) is 9.11. The fourth-order valence-corrected chi connectivity index (χ4v) is 3.72. The van der Waals surface area contributed by atoms with E-state index >= 15 is 0 Å². The van der Waals surface area contributed by atoms with Crippen molar-refractivity contribution in [3.05, 3.63) is 29.3 Å². The molecule has 0 radical (unpaired) electrons. The molecule has 5 heteroatoms. The van der Waals surface area contributed by atoms with E-state index in [1.54, 1.807) is 4.90 Å². The highest BCUT2D eigenvalue weighted by Gasteiger charge is 2.37. The standard InChI is InChI=1S/C16H21NO3S/c1-10-4-5-11(2)14(8-10)21-9-15(18)17-7-6-13(12(17)3)16(19)20/h4-5,8,12-13H,6-7,9H2,1-3H3,(H,19,20). The summed E-state index contributed by atoms with van der Waals surface area (Å²) in [6.45, 7) is 6.44. The Bertz CT molecular complexity index is 558. The van der Waals surface area contributed by atoms with Gasteiger partial charge in [0.1, 0.15) is 0 Å². The number of nitrogens with zero attached hydrogens (tertiary/aromatic N) is 1. The Morgan fingerprint density at radius 3 is 2.71 bits per heavy atom. The summed E-state index contributed by atoms with van der Waals surface area (Å²) in [7, 11) is 0. The van der Waals surface area contributed by atoms with Gasteiger partial charge in [0.2, 0.25) is 5.91 Å². The molecule has 1 fully saturated rings. The SMILES string of the molecule is Cc1ccc(C)c(SCC(=O)N2CCC(C(=O)O)C2C)c1. The molecule has 4 nitrogen and oxygen atoms in total. The van der Waals surface area contributed by atoms with Gasteiger partial charge in [0, 0.05) is 17.5 Å². The quantitative estimate of drug-likeness (QED) is 0.869. The van der Waals surface area contributed by atoms with Gasteiger partial charge in [-0.3, -0.25) is 9.59 Å². The molecule has 1 saturated heterocycles. The van der Waals surface area contributed by atoms with Crippen LogP contribution in [0, 0.1) is 19.8 Å². The number of benzene rings is 1. The Balaban J connectivity index is 1.96. The minimum Gasteiger partial charge on any atom is -0.481 e. The highest BCUT2D eigenvalue weighted by atomic mass is 32.2. The third-order valence-corrected chi connectivity index (χ3v) is 5.23. The molecule has 0 saturated carbocycles. The van der Waals surface area contributed by atoms with Crippen molar-refractivity contribution in [2.45, 2.75) is 38.1 Å². The summed E-state index contributed by atoms with van der Waals surface area (Å²) < 4.78 is 0. The molecule has 114 valence electrons. The first-order chi connectivity index (χ1) is 9.90. The number of hydrogen-bond donors (Lipinski definition) is 1. The van der Waals surface area contributed by atoms with E-state index in [1.165, 1.54) is 17.3 Å². The number of carboxylic acid groups (broad SMARTS) is 1. The van der Waals surface area contributed by atoms with E-state index in [-0.39, 0.29) is 11.9 Å². The zero-order valence-corrected chi connectivity index (χ0v) is 13.4. The Morgan fingerprint density at radius 1 is 1.38 bits per heavy atom. The first kappa shape index (κ1) is 15.9. The van der Waals surface area contributed by atoms with Crippen molar-refractivity contribution in [3.63, 3.8) is 0 Å². The van der Waals surface area contributed by atoms with Gasteiger partial charge in [0.15, 0.2) is 0 Å². The number of carboxylic acids is 1. The van der Waals surface area contributed by atoms with E-state index in [0.29, 0.717) is 18.7 Å². The lowest BCUT2D eigenvalue weighted by Gasteiger charge is -2.23. The zero-order chi connectivity index (χ0) is 15.6. The lowest BCUT2D eigenvalue weighted by atomic mass is 10.0. The van der Waals surface area contributed by atoms with Crippen LogP contribution in [0.15, 0.2) is 23.1 Å². The van der Waals surface area contributed by atoms with Crippen LogP contribution in [0.5, 0.6) is 0 Å². The fraction of sp³-hybridized carbons (Fsp3) is 0.500. The third-order valence-electron chi connectivity index (χ3n) is 4.09. The van der Waals surface area contributed by atoms with Crippen LogP contribution in [0.4, 0.5) is 0 Å². The van der Waals surface area contributed by atoms with Crippen LogP contribution in [0.25, 0.3) is 0 Å². The summed E-state index contributed by atoms with van der Waals surface area (Å²) in [6, 6.07) is 5.98. The number of carbonyl (C=O) groups excluding carboxylic acids is 1. The maximum Gasteiger partial charge on any atom is 0.308 e. The molecule has 1 aromatic rings. The van der Waals surface area contributed by atoms with Crippen molar-refractivity contribution in [1.29, 1.82) is 0 Å². The zero-order valence-electron chi connectivity index (χ0n) is 12.6. The molecule has 2 unspecified atom stereocenters. The van der Waals surface area contributed by atoms with Crippen LogP contribution in [0.2, 0.25) is 0 Å².